The summed E-state index contributed by atoms with van der Waals surface area (Å²) in [5.41, 5.74) is 2.43. The third-order valence-corrected chi connectivity index (χ3v) is 3.45. The summed E-state index contributed by atoms with van der Waals surface area (Å²) in [4.78, 5) is 4.62. The van der Waals surface area contributed by atoms with E-state index in [0.717, 1.165) is 25.0 Å². The van der Waals surface area contributed by atoms with E-state index < -0.39 is 0 Å². The summed E-state index contributed by atoms with van der Waals surface area (Å²) < 4.78 is 1.30. The maximum absolute atomic E-state index is 4.62. The Labute approximate surface area is 94.3 Å². The van der Waals surface area contributed by atoms with E-state index in [0.29, 0.717) is 0 Å². The van der Waals surface area contributed by atoms with Gasteiger partial charge in [-0.1, -0.05) is 13.0 Å². The van der Waals surface area contributed by atoms with Crippen LogP contribution in [0, 0.1) is 6.92 Å². The highest BCUT2D eigenvalue weighted by Gasteiger charge is 2.02. The molecule has 1 heterocycles. The van der Waals surface area contributed by atoms with Gasteiger partial charge in [-0.25, -0.2) is 4.98 Å². The quantitative estimate of drug-likeness (QED) is 0.801. The largest absolute Gasteiger partial charge is 0.317 e. The normalized spacial score (nSPS) is 11.1. The number of aromatic nitrogens is 1. The molecule has 0 aliphatic heterocycles. The summed E-state index contributed by atoms with van der Waals surface area (Å²) in [7, 11) is 0. The van der Waals surface area contributed by atoms with Crippen molar-refractivity contribution < 1.29 is 0 Å². The predicted octanol–water partition coefficient (Wildman–Crippen LogP) is 2.76. The van der Waals surface area contributed by atoms with E-state index in [1.54, 1.807) is 11.3 Å². The first-order valence-corrected chi connectivity index (χ1v) is 6.18. The van der Waals surface area contributed by atoms with Crippen LogP contribution in [0.1, 0.15) is 17.5 Å². The van der Waals surface area contributed by atoms with Crippen molar-refractivity contribution in [2.75, 3.05) is 13.1 Å². The molecule has 1 aromatic carbocycles. The number of aryl methyl sites for hydroxylation is 1. The molecule has 0 radical (unpaired) electrons. The number of benzene rings is 1. The lowest BCUT2D eigenvalue weighted by Crippen LogP contribution is -2.15. The molecular formula is C12H16N2S. The van der Waals surface area contributed by atoms with Gasteiger partial charge in [-0.15, -0.1) is 11.3 Å². The first-order chi connectivity index (χ1) is 7.29. The van der Waals surface area contributed by atoms with Crippen molar-refractivity contribution in [3.63, 3.8) is 0 Å². The van der Waals surface area contributed by atoms with Crippen molar-refractivity contribution in [2.24, 2.45) is 0 Å². The number of hydrogen-bond acceptors (Lipinski definition) is 3. The molecule has 2 rings (SSSR count). The van der Waals surface area contributed by atoms with Crippen LogP contribution in [0.2, 0.25) is 0 Å². The Morgan fingerprint density at radius 3 is 3.07 bits per heavy atom. The molecule has 0 aliphatic carbocycles. The van der Waals surface area contributed by atoms with Crippen LogP contribution in [-0.2, 0) is 6.42 Å². The zero-order valence-corrected chi connectivity index (χ0v) is 10.0. The highest BCUT2D eigenvalue weighted by molar-refractivity contribution is 7.18. The molecule has 0 aliphatic rings. The van der Waals surface area contributed by atoms with E-state index >= 15 is 0 Å². The lowest BCUT2D eigenvalue weighted by atomic mass is 10.2. The molecule has 0 unspecified atom stereocenters. The average molecular weight is 220 g/mol. The van der Waals surface area contributed by atoms with Gasteiger partial charge in [-0.2, -0.15) is 0 Å². The molecular weight excluding hydrogens is 204 g/mol. The van der Waals surface area contributed by atoms with Crippen LogP contribution < -0.4 is 5.32 Å². The molecule has 15 heavy (non-hydrogen) atoms. The Kier molecular flexibility index (Phi) is 3.34. The summed E-state index contributed by atoms with van der Waals surface area (Å²) in [5.74, 6) is 0. The van der Waals surface area contributed by atoms with Gasteiger partial charge >= 0.3 is 0 Å². The number of hydrogen-bond donors (Lipinski definition) is 1. The Balaban J connectivity index is 2.16. The minimum atomic E-state index is 1.02. The zero-order chi connectivity index (χ0) is 10.7. The average Bonchev–Trinajstić information content (AvgIpc) is 2.60. The highest BCUT2D eigenvalue weighted by Crippen LogP contribution is 2.22. The molecule has 0 saturated carbocycles. The molecule has 3 heteroatoms. The minimum absolute atomic E-state index is 1.02. The second-order valence-electron chi connectivity index (χ2n) is 3.68. The van der Waals surface area contributed by atoms with Crippen LogP contribution in [0.15, 0.2) is 18.2 Å². The number of likely N-dealkylation sites (N-methyl/N-ethyl adjacent to an activating group) is 1. The number of nitrogens with zero attached hydrogens (tertiary/aromatic N) is 1. The molecule has 0 bridgehead atoms. The monoisotopic (exact) mass is 220 g/mol. The van der Waals surface area contributed by atoms with Crippen molar-refractivity contribution in [3.8, 4) is 0 Å². The Morgan fingerprint density at radius 2 is 2.27 bits per heavy atom. The van der Waals surface area contributed by atoms with Crippen LogP contribution >= 0.6 is 11.3 Å². The molecule has 0 fully saturated rings. The van der Waals surface area contributed by atoms with E-state index in [1.165, 1.54) is 15.3 Å². The van der Waals surface area contributed by atoms with E-state index in [-0.39, 0.29) is 0 Å². The molecule has 80 valence electrons. The molecule has 0 atom stereocenters. The van der Waals surface area contributed by atoms with Gasteiger partial charge in [0.15, 0.2) is 0 Å². The maximum Gasteiger partial charge on any atom is 0.0951 e. The second kappa shape index (κ2) is 4.73. The third kappa shape index (κ3) is 2.55. The van der Waals surface area contributed by atoms with Crippen LogP contribution in [0.4, 0.5) is 0 Å². The van der Waals surface area contributed by atoms with Crippen molar-refractivity contribution in [2.45, 2.75) is 20.3 Å². The summed E-state index contributed by atoms with van der Waals surface area (Å²) in [5, 5.41) is 4.55. The first kappa shape index (κ1) is 10.6. The fourth-order valence-corrected chi connectivity index (χ4v) is 2.51. The summed E-state index contributed by atoms with van der Waals surface area (Å²) in [6.07, 6.45) is 1.03. The molecule has 1 aromatic heterocycles. The molecule has 0 saturated heterocycles. The molecule has 2 nitrogen and oxygen atoms in total. The number of nitrogens with one attached hydrogen (secondary N) is 1. The van der Waals surface area contributed by atoms with Gasteiger partial charge in [0, 0.05) is 13.0 Å². The van der Waals surface area contributed by atoms with E-state index in [1.807, 2.05) is 0 Å². The Bertz CT molecular complexity index is 448. The zero-order valence-electron chi connectivity index (χ0n) is 9.21. The standard InChI is InChI=1S/C12H16N2S/c1-3-13-7-6-12-14-10-8-9(2)4-5-11(10)15-12/h4-5,8,13H,3,6-7H2,1-2H3. The summed E-state index contributed by atoms with van der Waals surface area (Å²) in [6, 6.07) is 6.47. The first-order valence-electron chi connectivity index (χ1n) is 5.36. The third-order valence-electron chi connectivity index (χ3n) is 2.35. The van der Waals surface area contributed by atoms with Gasteiger partial charge in [0.05, 0.1) is 15.2 Å². The van der Waals surface area contributed by atoms with Gasteiger partial charge in [0.25, 0.3) is 0 Å². The fraction of sp³-hybridized carbons (Fsp3) is 0.417. The van der Waals surface area contributed by atoms with Crippen LogP contribution in [0.3, 0.4) is 0 Å². The topological polar surface area (TPSA) is 24.9 Å². The Morgan fingerprint density at radius 1 is 1.40 bits per heavy atom. The molecule has 2 aromatic rings. The van der Waals surface area contributed by atoms with Crippen molar-refractivity contribution >= 4 is 21.6 Å². The number of thiazole rings is 1. The van der Waals surface area contributed by atoms with Gasteiger partial charge in [0.1, 0.15) is 0 Å². The van der Waals surface area contributed by atoms with Gasteiger partial charge in [-0.05, 0) is 31.2 Å². The highest BCUT2D eigenvalue weighted by atomic mass is 32.1. The summed E-state index contributed by atoms with van der Waals surface area (Å²) in [6.45, 7) is 6.29. The number of rotatable bonds is 4. The molecule has 0 amide bonds. The lowest BCUT2D eigenvalue weighted by Gasteiger charge is -1.96. The number of fused-ring (bicyclic) bond motifs is 1. The lowest BCUT2D eigenvalue weighted by molar-refractivity contribution is 0.715. The van der Waals surface area contributed by atoms with Gasteiger partial charge < -0.3 is 5.32 Å². The van der Waals surface area contributed by atoms with Crippen molar-refractivity contribution in [1.29, 1.82) is 0 Å². The van der Waals surface area contributed by atoms with Gasteiger partial charge in [0.2, 0.25) is 0 Å². The second-order valence-corrected chi connectivity index (χ2v) is 4.80. The molecule has 1 N–H and O–H groups in total. The maximum atomic E-state index is 4.62. The SMILES string of the molecule is CCNCCc1nc2cc(C)ccc2s1. The van der Waals surface area contributed by atoms with Gasteiger partial charge in [-0.3, -0.25) is 0 Å². The minimum Gasteiger partial charge on any atom is -0.317 e. The van der Waals surface area contributed by atoms with E-state index in [2.05, 4.69) is 42.3 Å². The van der Waals surface area contributed by atoms with Crippen molar-refractivity contribution in [3.05, 3.63) is 28.8 Å². The summed E-state index contributed by atoms with van der Waals surface area (Å²) >= 11 is 1.81. The predicted molar refractivity (Wildman–Crippen MR) is 66.6 cm³/mol. The van der Waals surface area contributed by atoms with E-state index in [4.69, 9.17) is 0 Å². The van der Waals surface area contributed by atoms with Crippen molar-refractivity contribution in [1.82, 2.24) is 10.3 Å². The molecule has 0 spiro atoms. The Hall–Kier alpha value is -0.930. The smallest absolute Gasteiger partial charge is 0.0951 e. The van der Waals surface area contributed by atoms with Crippen LogP contribution in [-0.4, -0.2) is 18.1 Å². The van der Waals surface area contributed by atoms with E-state index in [9.17, 15) is 0 Å². The van der Waals surface area contributed by atoms with Crippen LogP contribution in [0.5, 0.6) is 0 Å². The van der Waals surface area contributed by atoms with Crippen LogP contribution in [0.25, 0.3) is 10.2 Å². The fourth-order valence-electron chi connectivity index (χ4n) is 1.56.